The maximum absolute atomic E-state index is 10.4. The van der Waals surface area contributed by atoms with E-state index in [1.807, 2.05) is 0 Å². The molecule has 1 aromatic heterocycles. The molecule has 1 aromatic rings. The van der Waals surface area contributed by atoms with Crippen LogP contribution < -0.4 is 0 Å². The third-order valence-electron chi connectivity index (χ3n) is 3.48. The normalized spacial score (nSPS) is 27.3. The smallest absolute Gasteiger partial charge is 0.226 e. The van der Waals surface area contributed by atoms with Crippen LogP contribution in [0.5, 0.6) is 0 Å². The Labute approximate surface area is 93.4 Å². The van der Waals surface area contributed by atoms with Gasteiger partial charge in [-0.25, -0.2) is 4.98 Å². The zero-order chi connectivity index (χ0) is 11.1. The van der Waals surface area contributed by atoms with Crippen LogP contribution in [0.15, 0.2) is 16.9 Å². The van der Waals surface area contributed by atoms with E-state index in [2.05, 4.69) is 4.98 Å². The van der Waals surface area contributed by atoms with E-state index in [-0.39, 0.29) is 0 Å². The molecule has 1 spiro atoms. The first-order chi connectivity index (χ1) is 7.73. The van der Waals surface area contributed by atoms with E-state index in [0.29, 0.717) is 44.8 Å². The zero-order valence-corrected chi connectivity index (χ0v) is 9.02. The summed E-state index contributed by atoms with van der Waals surface area (Å²) in [4.78, 5) is 4.03. The molecular formula is C11H15NO4. The highest BCUT2D eigenvalue weighted by Gasteiger charge is 2.48. The highest BCUT2D eigenvalue weighted by Crippen LogP contribution is 2.44. The minimum absolute atomic E-state index is 0.403. The Morgan fingerprint density at radius 3 is 2.38 bits per heavy atom. The van der Waals surface area contributed by atoms with Crippen molar-refractivity contribution in [3.05, 3.63) is 18.4 Å². The molecule has 1 saturated carbocycles. The van der Waals surface area contributed by atoms with E-state index < -0.39 is 11.4 Å². The topological polar surface area (TPSA) is 64.7 Å². The first kappa shape index (κ1) is 10.3. The minimum Gasteiger partial charge on any atom is -0.446 e. The van der Waals surface area contributed by atoms with Crippen LogP contribution in [0.2, 0.25) is 0 Å². The zero-order valence-electron chi connectivity index (χ0n) is 9.02. The van der Waals surface area contributed by atoms with Crippen LogP contribution in [0, 0.1) is 0 Å². The van der Waals surface area contributed by atoms with Crippen LogP contribution in [0.3, 0.4) is 0 Å². The summed E-state index contributed by atoms with van der Waals surface area (Å²) in [6.07, 6.45) is 5.54. The monoisotopic (exact) mass is 225 g/mol. The molecule has 16 heavy (non-hydrogen) atoms. The standard InChI is InChI=1S/C11H15NO4/c13-10(9-12-5-6-14-9)1-3-11(4-2-10)15-7-8-16-11/h5-6,13H,1-4,7-8H2. The first-order valence-corrected chi connectivity index (χ1v) is 5.63. The summed E-state index contributed by atoms with van der Waals surface area (Å²) in [7, 11) is 0. The summed E-state index contributed by atoms with van der Waals surface area (Å²) in [5, 5.41) is 10.4. The predicted octanol–water partition coefficient (Wildman–Crippen LogP) is 1.18. The van der Waals surface area contributed by atoms with Crippen molar-refractivity contribution in [1.82, 2.24) is 4.98 Å². The van der Waals surface area contributed by atoms with Crippen molar-refractivity contribution in [1.29, 1.82) is 0 Å². The molecule has 0 atom stereocenters. The van der Waals surface area contributed by atoms with Crippen molar-refractivity contribution >= 4 is 0 Å². The molecule has 5 nitrogen and oxygen atoms in total. The maximum atomic E-state index is 10.4. The van der Waals surface area contributed by atoms with Crippen LogP contribution in [-0.4, -0.2) is 29.1 Å². The average molecular weight is 225 g/mol. The molecule has 0 radical (unpaired) electrons. The Bertz CT molecular complexity index is 346. The van der Waals surface area contributed by atoms with Gasteiger partial charge < -0.3 is 19.0 Å². The molecule has 0 unspecified atom stereocenters. The van der Waals surface area contributed by atoms with Crippen LogP contribution in [0.1, 0.15) is 31.6 Å². The summed E-state index contributed by atoms with van der Waals surface area (Å²) in [6.45, 7) is 1.30. The number of ether oxygens (including phenoxy) is 2. The molecule has 1 aliphatic heterocycles. The van der Waals surface area contributed by atoms with Gasteiger partial charge >= 0.3 is 0 Å². The molecule has 3 rings (SSSR count). The lowest BCUT2D eigenvalue weighted by molar-refractivity contribution is -0.207. The summed E-state index contributed by atoms with van der Waals surface area (Å²) >= 11 is 0. The number of hydrogen-bond acceptors (Lipinski definition) is 5. The Morgan fingerprint density at radius 2 is 1.81 bits per heavy atom. The Kier molecular flexibility index (Phi) is 2.27. The van der Waals surface area contributed by atoms with Crippen molar-refractivity contribution in [2.24, 2.45) is 0 Å². The van der Waals surface area contributed by atoms with E-state index in [1.165, 1.54) is 6.26 Å². The Morgan fingerprint density at radius 1 is 1.12 bits per heavy atom. The fraction of sp³-hybridized carbons (Fsp3) is 0.727. The molecule has 2 aliphatic rings. The van der Waals surface area contributed by atoms with Gasteiger partial charge in [0, 0.05) is 12.8 Å². The molecule has 5 heteroatoms. The van der Waals surface area contributed by atoms with E-state index >= 15 is 0 Å². The van der Waals surface area contributed by atoms with Gasteiger partial charge in [-0.2, -0.15) is 0 Å². The lowest BCUT2D eigenvalue weighted by atomic mass is 9.81. The lowest BCUT2D eigenvalue weighted by Crippen LogP contribution is -2.42. The second-order valence-corrected chi connectivity index (χ2v) is 4.48. The van der Waals surface area contributed by atoms with Gasteiger partial charge in [-0.1, -0.05) is 0 Å². The highest BCUT2D eigenvalue weighted by molar-refractivity contribution is 5.02. The Hall–Kier alpha value is -0.910. The van der Waals surface area contributed by atoms with Gasteiger partial charge in [0.05, 0.1) is 19.4 Å². The molecule has 0 aromatic carbocycles. The number of rotatable bonds is 1. The first-order valence-electron chi connectivity index (χ1n) is 5.63. The predicted molar refractivity (Wildman–Crippen MR) is 53.5 cm³/mol. The molecule has 1 N–H and O–H groups in total. The second-order valence-electron chi connectivity index (χ2n) is 4.48. The molecule has 2 fully saturated rings. The third-order valence-corrected chi connectivity index (χ3v) is 3.48. The largest absolute Gasteiger partial charge is 0.446 e. The number of hydrogen-bond donors (Lipinski definition) is 1. The van der Waals surface area contributed by atoms with Crippen molar-refractivity contribution < 1.29 is 19.0 Å². The summed E-state index contributed by atoms with van der Waals surface area (Å²) in [5.74, 6) is -0.0564. The summed E-state index contributed by atoms with van der Waals surface area (Å²) in [6, 6.07) is 0. The molecule has 2 heterocycles. The number of aromatic nitrogens is 1. The fourth-order valence-corrected chi connectivity index (χ4v) is 2.50. The SMILES string of the molecule is OC1(c2ncco2)CCC2(CC1)OCCO2. The van der Waals surface area contributed by atoms with Gasteiger partial charge in [0.1, 0.15) is 11.9 Å². The molecule has 88 valence electrons. The highest BCUT2D eigenvalue weighted by atomic mass is 16.7. The van der Waals surface area contributed by atoms with E-state index in [9.17, 15) is 5.11 Å². The molecule has 1 aliphatic carbocycles. The molecular weight excluding hydrogens is 210 g/mol. The number of aliphatic hydroxyl groups is 1. The molecule has 0 amide bonds. The van der Waals surface area contributed by atoms with Crippen LogP contribution in [-0.2, 0) is 15.1 Å². The van der Waals surface area contributed by atoms with E-state index in [1.54, 1.807) is 6.20 Å². The van der Waals surface area contributed by atoms with Crippen molar-refractivity contribution in [2.75, 3.05) is 13.2 Å². The molecule has 1 saturated heterocycles. The Balaban J connectivity index is 1.74. The minimum atomic E-state index is -0.954. The number of nitrogens with zero attached hydrogens (tertiary/aromatic N) is 1. The van der Waals surface area contributed by atoms with Crippen LogP contribution >= 0.6 is 0 Å². The average Bonchev–Trinajstić information content (AvgIpc) is 2.96. The summed E-state index contributed by atoms with van der Waals surface area (Å²) < 4.78 is 16.4. The van der Waals surface area contributed by atoms with Gasteiger partial charge in [-0.3, -0.25) is 0 Å². The second kappa shape index (κ2) is 3.55. The van der Waals surface area contributed by atoms with E-state index in [4.69, 9.17) is 13.9 Å². The van der Waals surface area contributed by atoms with Gasteiger partial charge in [0.2, 0.25) is 5.89 Å². The maximum Gasteiger partial charge on any atom is 0.226 e. The fourth-order valence-electron chi connectivity index (χ4n) is 2.50. The van der Waals surface area contributed by atoms with E-state index in [0.717, 1.165) is 0 Å². The van der Waals surface area contributed by atoms with Gasteiger partial charge in [0.15, 0.2) is 5.79 Å². The van der Waals surface area contributed by atoms with Crippen molar-refractivity contribution in [2.45, 2.75) is 37.1 Å². The van der Waals surface area contributed by atoms with Crippen LogP contribution in [0.25, 0.3) is 0 Å². The summed E-state index contributed by atoms with van der Waals surface area (Å²) in [5.41, 5.74) is -0.954. The molecule has 0 bridgehead atoms. The van der Waals surface area contributed by atoms with Gasteiger partial charge in [-0.15, -0.1) is 0 Å². The van der Waals surface area contributed by atoms with Crippen molar-refractivity contribution in [3.63, 3.8) is 0 Å². The quantitative estimate of drug-likeness (QED) is 0.777. The lowest BCUT2D eigenvalue weighted by Gasteiger charge is -2.38. The number of oxazole rings is 1. The van der Waals surface area contributed by atoms with Gasteiger partial charge in [-0.05, 0) is 12.8 Å². The van der Waals surface area contributed by atoms with Crippen LogP contribution in [0.4, 0.5) is 0 Å². The third kappa shape index (κ3) is 1.55. The van der Waals surface area contributed by atoms with Gasteiger partial charge in [0.25, 0.3) is 0 Å². The van der Waals surface area contributed by atoms with Crippen molar-refractivity contribution in [3.8, 4) is 0 Å².